The molecular formula is C24H30FNO3S. The standard InChI is InChI=1S/C24H30FNO3S/c1-16-19(13-23(2,3)29-14-20(27)28)21(17-5-9-24(4,15-25)10-6-17)22(30-16)18-7-11-26-12-8-18/h5,7-8,11-12H,6,9-10,13-15H2,1-4H3,(H,27,28). The maximum atomic E-state index is 13.5. The van der Waals surface area contributed by atoms with Gasteiger partial charge in [-0.15, -0.1) is 11.3 Å². The van der Waals surface area contributed by atoms with E-state index in [-0.39, 0.29) is 18.7 Å². The molecule has 4 nitrogen and oxygen atoms in total. The van der Waals surface area contributed by atoms with E-state index in [0.29, 0.717) is 6.42 Å². The molecule has 0 aromatic carbocycles. The van der Waals surface area contributed by atoms with Gasteiger partial charge in [0, 0.05) is 28.6 Å². The lowest BCUT2D eigenvalue weighted by Gasteiger charge is -2.31. The Morgan fingerprint density at radius 2 is 2.07 bits per heavy atom. The van der Waals surface area contributed by atoms with Crippen molar-refractivity contribution in [1.29, 1.82) is 0 Å². The number of aromatic nitrogens is 1. The molecule has 0 spiro atoms. The average Bonchev–Trinajstić information content (AvgIpc) is 3.03. The molecular weight excluding hydrogens is 401 g/mol. The van der Waals surface area contributed by atoms with Gasteiger partial charge < -0.3 is 9.84 Å². The largest absolute Gasteiger partial charge is 0.480 e. The minimum absolute atomic E-state index is 0.282. The van der Waals surface area contributed by atoms with Crippen LogP contribution in [0.5, 0.6) is 0 Å². The highest BCUT2D eigenvalue weighted by Gasteiger charge is 2.32. The third-order valence-corrected chi connectivity index (χ3v) is 7.02. The summed E-state index contributed by atoms with van der Waals surface area (Å²) in [5.74, 6) is -0.969. The van der Waals surface area contributed by atoms with Gasteiger partial charge >= 0.3 is 5.97 Å². The Bertz CT molecular complexity index is 935. The Balaban J connectivity index is 2.05. The number of nitrogens with zero attached hydrogens (tertiary/aromatic N) is 1. The van der Waals surface area contributed by atoms with Crippen molar-refractivity contribution in [2.75, 3.05) is 13.3 Å². The number of aryl methyl sites for hydroxylation is 1. The molecule has 0 radical (unpaired) electrons. The van der Waals surface area contributed by atoms with Crippen LogP contribution in [0.4, 0.5) is 4.39 Å². The number of pyridine rings is 1. The first-order valence-electron chi connectivity index (χ1n) is 10.3. The van der Waals surface area contributed by atoms with Crippen molar-refractivity contribution >= 4 is 22.9 Å². The van der Waals surface area contributed by atoms with Gasteiger partial charge in [0.1, 0.15) is 6.61 Å². The van der Waals surface area contributed by atoms with Gasteiger partial charge in [0.25, 0.3) is 0 Å². The summed E-state index contributed by atoms with van der Waals surface area (Å²) in [5.41, 5.74) is 3.87. The molecule has 3 rings (SSSR count). The smallest absolute Gasteiger partial charge is 0.329 e. The predicted octanol–water partition coefficient (Wildman–Crippen LogP) is 6.08. The number of ether oxygens (including phenoxy) is 1. The average molecular weight is 432 g/mol. The number of allylic oxidation sites excluding steroid dienone is 2. The van der Waals surface area contributed by atoms with Crippen LogP contribution in [-0.2, 0) is 16.0 Å². The first-order chi connectivity index (χ1) is 14.1. The molecule has 1 aliphatic rings. The molecule has 2 aromatic heterocycles. The second-order valence-electron chi connectivity index (χ2n) is 9.07. The number of alkyl halides is 1. The lowest BCUT2D eigenvalue weighted by molar-refractivity contribution is -0.148. The number of hydrogen-bond acceptors (Lipinski definition) is 4. The van der Waals surface area contributed by atoms with E-state index < -0.39 is 11.6 Å². The molecule has 0 bridgehead atoms. The predicted molar refractivity (Wildman–Crippen MR) is 120 cm³/mol. The van der Waals surface area contributed by atoms with Gasteiger partial charge in [0.05, 0.1) is 12.3 Å². The zero-order valence-corrected chi connectivity index (χ0v) is 18.9. The molecule has 0 aliphatic heterocycles. The van der Waals surface area contributed by atoms with E-state index in [1.54, 1.807) is 23.7 Å². The molecule has 1 atom stereocenters. The molecule has 162 valence electrons. The summed E-state index contributed by atoms with van der Waals surface area (Å²) in [5, 5.41) is 9.01. The normalized spacial score (nSPS) is 19.6. The van der Waals surface area contributed by atoms with Gasteiger partial charge in [-0.2, -0.15) is 0 Å². The van der Waals surface area contributed by atoms with Gasteiger partial charge in [-0.05, 0) is 79.8 Å². The summed E-state index contributed by atoms with van der Waals surface area (Å²) < 4.78 is 19.2. The van der Waals surface area contributed by atoms with Crippen LogP contribution in [-0.4, -0.2) is 34.9 Å². The fourth-order valence-corrected chi connectivity index (χ4v) is 5.14. The summed E-state index contributed by atoms with van der Waals surface area (Å²) in [7, 11) is 0. The zero-order valence-electron chi connectivity index (χ0n) is 18.1. The Morgan fingerprint density at radius 3 is 2.63 bits per heavy atom. The van der Waals surface area contributed by atoms with Crippen molar-refractivity contribution in [2.45, 2.75) is 59.0 Å². The van der Waals surface area contributed by atoms with Crippen LogP contribution in [0, 0.1) is 12.3 Å². The van der Waals surface area contributed by atoms with Crippen molar-refractivity contribution < 1.29 is 19.0 Å². The van der Waals surface area contributed by atoms with Gasteiger partial charge in [0.15, 0.2) is 0 Å². The van der Waals surface area contributed by atoms with E-state index in [9.17, 15) is 9.18 Å². The van der Waals surface area contributed by atoms with E-state index in [1.807, 2.05) is 32.9 Å². The van der Waals surface area contributed by atoms with Gasteiger partial charge in [-0.25, -0.2) is 4.79 Å². The van der Waals surface area contributed by atoms with Gasteiger partial charge in [0.2, 0.25) is 0 Å². The highest BCUT2D eigenvalue weighted by atomic mass is 32.1. The highest BCUT2D eigenvalue weighted by molar-refractivity contribution is 7.16. The molecule has 30 heavy (non-hydrogen) atoms. The molecule has 2 aromatic rings. The molecule has 1 unspecified atom stereocenters. The summed E-state index contributed by atoms with van der Waals surface area (Å²) in [6.45, 7) is 7.35. The van der Waals surface area contributed by atoms with Gasteiger partial charge in [-0.1, -0.05) is 13.0 Å². The van der Waals surface area contributed by atoms with Crippen molar-refractivity contribution in [2.24, 2.45) is 5.41 Å². The first kappa shape index (κ1) is 22.6. The Kier molecular flexibility index (Phi) is 6.78. The monoisotopic (exact) mass is 431 g/mol. The quantitative estimate of drug-likeness (QED) is 0.550. The van der Waals surface area contributed by atoms with E-state index in [1.165, 1.54) is 26.5 Å². The molecule has 0 fully saturated rings. The van der Waals surface area contributed by atoms with Crippen molar-refractivity contribution in [3.63, 3.8) is 0 Å². The number of carboxylic acids is 1. The SMILES string of the molecule is Cc1sc(-c2ccncc2)c(C2=CCC(C)(CF)CC2)c1CC(C)(C)OCC(=O)O. The summed E-state index contributed by atoms with van der Waals surface area (Å²) >= 11 is 1.74. The van der Waals surface area contributed by atoms with Crippen LogP contribution in [0.15, 0.2) is 30.6 Å². The Labute approximate surface area is 181 Å². The number of hydrogen-bond donors (Lipinski definition) is 1. The summed E-state index contributed by atoms with van der Waals surface area (Å²) in [6.07, 6.45) is 8.77. The summed E-state index contributed by atoms with van der Waals surface area (Å²) in [4.78, 5) is 17.5. The minimum Gasteiger partial charge on any atom is -0.480 e. The molecule has 1 aliphatic carbocycles. The lowest BCUT2D eigenvalue weighted by atomic mass is 9.75. The Hall–Kier alpha value is -2.05. The number of halogens is 1. The Morgan fingerprint density at radius 1 is 1.37 bits per heavy atom. The van der Waals surface area contributed by atoms with Crippen LogP contribution in [0.25, 0.3) is 16.0 Å². The van der Waals surface area contributed by atoms with Crippen LogP contribution in [0.3, 0.4) is 0 Å². The van der Waals surface area contributed by atoms with E-state index in [0.717, 1.165) is 24.8 Å². The van der Waals surface area contributed by atoms with Crippen LogP contribution in [0.1, 0.15) is 56.0 Å². The summed E-state index contributed by atoms with van der Waals surface area (Å²) in [6, 6.07) is 4.03. The fraction of sp³-hybridized carbons (Fsp3) is 0.500. The van der Waals surface area contributed by atoms with Crippen LogP contribution >= 0.6 is 11.3 Å². The molecule has 0 amide bonds. The third-order valence-electron chi connectivity index (χ3n) is 5.82. The van der Waals surface area contributed by atoms with Crippen LogP contribution in [0.2, 0.25) is 0 Å². The topological polar surface area (TPSA) is 59.4 Å². The number of thiophene rings is 1. The fourth-order valence-electron chi connectivity index (χ4n) is 3.93. The maximum Gasteiger partial charge on any atom is 0.329 e. The number of rotatable bonds is 8. The number of carboxylic acid groups (broad SMARTS) is 1. The molecule has 0 saturated carbocycles. The zero-order chi connectivity index (χ0) is 21.9. The van der Waals surface area contributed by atoms with E-state index >= 15 is 0 Å². The highest BCUT2D eigenvalue weighted by Crippen LogP contribution is 2.47. The maximum absolute atomic E-state index is 13.5. The second kappa shape index (κ2) is 8.98. The third kappa shape index (κ3) is 5.16. The minimum atomic E-state index is -0.969. The van der Waals surface area contributed by atoms with E-state index in [4.69, 9.17) is 9.84 Å². The van der Waals surface area contributed by atoms with Crippen LogP contribution < -0.4 is 0 Å². The lowest BCUT2D eigenvalue weighted by Crippen LogP contribution is -2.30. The van der Waals surface area contributed by atoms with Gasteiger partial charge in [-0.3, -0.25) is 9.37 Å². The molecule has 1 N–H and O–H groups in total. The first-order valence-corrected chi connectivity index (χ1v) is 11.1. The number of carbonyl (C=O) groups is 1. The second-order valence-corrected chi connectivity index (χ2v) is 10.3. The molecule has 0 saturated heterocycles. The van der Waals surface area contributed by atoms with Crippen molar-refractivity contribution in [3.05, 3.63) is 46.6 Å². The molecule has 6 heteroatoms. The van der Waals surface area contributed by atoms with E-state index in [2.05, 4.69) is 18.0 Å². The van der Waals surface area contributed by atoms with Crippen molar-refractivity contribution in [1.82, 2.24) is 4.98 Å². The number of aliphatic carboxylic acids is 1. The molecule has 2 heterocycles. The van der Waals surface area contributed by atoms with Crippen molar-refractivity contribution in [3.8, 4) is 10.4 Å².